The first-order chi connectivity index (χ1) is 11.3. The highest BCUT2D eigenvalue weighted by atomic mass is 35.5. The van der Waals surface area contributed by atoms with Gasteiger partial charge in [-0.3, -0.25) is 15.1 Å². The Kier molecular flexibility index (Phi) is 8.22. The summed E-state index contributed by atoms with van der Waals surface area (Å²) >= 11 is 1.80. The first kappa shape index (κ1) is 21.8. The molecule has 2 rings (SSSR count). The Labute approximate surface area is 160 Å². The van der Waals surface area contributed by atoms with Crippen LogP contribution < -0.4 is 4.90 Å². The first-order valence-electron chi connectivity index (χ1n) is 8.51. The molecule has 0 N–H and O–H groups in total. The van der Waals surface area contributed by atoms with Crippen molar-refractivity contribution in [3.63, 3.8) is 0 Å². The Balaban J connectivity index is 0.00000312. The molecule has 1 aromatic rings. The second-order valence-corrected chi connectivity index (χ2v) is 8.23. The zero-order chi connectivity index (χ0) is 17.9. The van der Waals surface area contributed by atoms with E-state index < -0.39 is 0 Å². The Morgan fingerprint density at radius 3 is 2.52 bits per heavy atom. The van der Waals surface area contributed by atoms with Crippen LogP contribution in [0, 0.1) is 28.9 Å². The number of hydrogen-bond donors (Lipinski definition) is 0. The van der Waals surface area contributed by atoms with Crippen LogP contribution in [-0.2, 0) is 0 Å². The van der Waals surface area contributed by atoms with E-state index in [2.05, 4.69) is 32.6 Å². The number of nitro benzene ring substituents is 1. The summed E-state index contributed by atoms with van der Waals surface area (Å²) < 4.78 is 0. The molecule has 0 aliphatic carbocycles. The molecule has 0 fully saturated rings. The maximum Gasteiger partial charge on any atom is 0.269 e. The van der Waals surface area contributed by atoms with Crippen LogP contribution in [0.4, 0.5) is 11.4 Å². The summed E-state index contributed by atoms with van der Waals surface area (Å²) in [5.74, 6) is 2.14. The van der Waals surface area contributed by atoms with Crippen molar-refractivity contribution in [2.45, 2.75) is 47.1 Å². The summed E-state index contributed by atoms with van der Waals surface area (Å²) in [6.07, 6.45) is 1.10. The van der Waals surface area contributed by atoms with Crippen LogP contribution in [0.5, 0.6) is 0 Å². The molecule has 0 aromatic heterocycles. The lowest BCUT2D eigenvalue weighted by Crippen LogP contribution is -2.32. The molecule has 1 atom stereocenters. The Morgan fingerprint density at radius 2 is 2.00 bits per heavy atom. The average molecular weight is 386 g/mol. The van der Waals surface area contributed by atoms with Gasteiger partial charge in [-0.25, -0.2) is 0 Å². The van der Waals surface area contributed by atoms with Crippen molar-refractivity contribution in [2.75, 3.05) is 17.2 Å². The SMILES string of the molecule is Cc1cc([N+](=O)[O-])ccc1N(CC(C)C)C1=N[C@H](CC(C)C)CS1.Cl. The van der Waals surface area contributed by atoms with Crippen molar-refractivity contribution in [2.24, 2.45) is 16.8 Å². The molecule has 0 radical (unpaired) electrons. The van der Waals surface area contributed by atoms with E-state index in [1.165, 1.54) is 0 Å². The predicted molar refractivity (Wildman–Crippen MR) is 110 cm³/mol. The molecule has 7 heteroatoms. The smallest absolute Gasteiger partial charge is 0.269 e. The van der Waals surface area contributed by atoms with E-state index in [0.717, 1.165) is 35.1 Å². The fourth-order valence-electron chi connectivity index (χ4n) is 2.91. The number of aliphatic imine (C=N–C) groups is 1. The number of thioether (sulfide) groups is 1. The summed E-state index contributed by atoms with van der Waals surface area (Å²) in [6.45, 7) is 11.6. The van der Waals surface area contributed by atoms with Gasteiger partial charge in [0, 0.05) is 30.1 Å². The number of aryl methyl sites for hydroxylation is 1. The van der Waals surface area contributed by atoms with Crippen LogP contribution in [0.25, 0.3) is 0 Å². The van der Waals surface area contributed by atoms with Crippen LogP contribution >= 0.6 is 24.2 Å². The maximum atomic E-state index is 11.0. The minimum absolute atomic E-state index is 0. The van der Waals surface area contributed by atoms with E-state index in [9.17, 15) is 10.1 Å². The van der Waals surface area contributed by atoms with Gasteiger partial charge in [-0.2, -0.15) is 0 Å². The third kappa shape index (κ3) is 5.89. The van der Waals surface area contributed by atoms with E-state index in [4.69, 9.17) is 4.99 Å². The number of anilines is 1. The standard InChI is InChI=1S/C18H27N3O2S.ClH/c1-12(2)8-15-11-24-18(19-15)20(10-13(3)4)17-7-6-16(21(22)23)9-14(17)5;/h6-7,9,12-13,15H,8,10-11H2,1-5H3;1H/t15-;/m1./s1. The van der Waals surface area contributed by atoms with Crippen molar-refractivity contribution in [3.8, 4) is 0 Å². The lowest BCUT2D eigenvalue weighted by atomic mass is 10.1. The van der Waals surface area contributed by atoms with Gasteiger partial charge in [0.05, 0.1) is 11.0 Å². The average Bonchev–Trinajstić information content (AvgIpc) is 2.92. The minimum Gasteiger partial charge on any atom is -0.321 e. The summed E-state index contributed by atoms with van der Waals surface area (Å²) in [5, 5.41) is 12.0. The molecule has 0 saturated carbocycles. The fourth-order valence-corrected chi connectivity index (χ4v) is 4.02. The minimum atomic E-state index is -0.343. The van der Waals surface area contributed by atoms with Crippen LogP contribution in [0.1, 0.15) is 39.7 Å². The summed E-state index contributed by atoms with van der Waals surface area (Å²) in [4.78, 5) is 17.8. The molecule has 0 spiro atoms. The lowest BCUT2D eigenvalue weighted by Gasteiger charge is -2.27. The molecule has 1 aliphatic heterocycles. The maximum absolute atomic E-state index is 11.0. The topological polar surface area (TPSA) is 58.7 Å². The highest BCUT2D eigenvalue weighted by Crippen LogP contribution is 2.32. The number of amidine groups is 1. The van der Waals surface area contributed by atoms with E-state index in [1.807, 2.05) is 13.0 Å². The number of benzene rings is 1. The normalized spacial score (nSPS) is 16.8. The number of nitrogens with zero attached hydrogens (tertiary/aromatic N) is 3. The van der Waals surface area contributed by atoms with Gasteiger partial charge in [0.2, 0.25) is 0 Å². The summed E-state index contributed by atoms with van der Waals surface area (Å²) in [6, 6.07) is 5.46. The fraction of sp³-hybridized carbons (Fsp3) is 0.611. The quantitative estimate of drug-likeness (QED) is 0.492. The van der Waals surface area contributed by atoms with Crippen molar-refractivity contribution in [1.29, 1.82) is 0 Å². The highest BCUT2D eigenvalue weighted by molar-refractivity contribution is 8.14. The monoisotopic (exact) mass is 385 g/mol. The Bertz CT molecular complexity index is 635. The Morgan fingerprint density at radius 1 is 1.32 bits per heavy atom. The molecule has 0 saturated heterocycles. The molecule has 1 heterocycles. The molecular formula is C18H28ClN3O2S. The second-order valence-electron chi connectivity index (χ2n) is 7.24. The van der Waals surface area contributed by atoms with E-state index >= 15 is 0 Å². The number of rotatable bonds is 6. The molecular weight excluding hydrogens is 358 g/mol. The summed E-state index contributed by atoms with van der Waals surface area (Å²) in [7, 11) is 0. The molecule has 0 unspecified atom stereocenters. The van der Waals surface area contributed by atoms with E-state index in [1.54, 1.807) is 23.9 Å². The zero-order valence-corrected chi connectivity index (χ0v) is 17.2. The number of hydrogen-bond acceptors (Lipinski definition) is 5. The van der Waals surface area contributed by atoms with Gasteiger partial charge in [0.15, 0.2) is 5.17 Å². The number of non-ortho nitro benzene ring substituents is 1. The van der Waals surface area contributed by atoms with Gasteiger partial charge in [-0.15, -0.1) is 12.4 Å². The predicted octanol–water partition coefficient (Wildman–Crippen LogP) is 5.30. The lowest BCUT2D eigenvalue weighted by molar-refractivity contribution is -0.384. The van der Waals surface area contributed by atoms with Crippen molar-refractivity contribution in [3.05, 3.63) is 33.9 Å². The molecule has 25 heavy (non-hydrogen) atoms. The largest absolute Gasteiger partial charge is 0.321 e. The summed E-state index contributed by atoms with van der Waals surface area (Å²) in [5.41, 5.74) is 2.07. The molecule has 5 nitrogen and oxygen atoms in total. The molecule has 140 valence electrons. The molecule has 0 bridgehead atoms. The second kappa shape index (κ2) is 9.43. The Hall–Kier alpha value is -1.27. The molecule has 1 aromatic carbocycles. The van der Waals surface area contributed by atoms with Gasteiger partial charge >= 0.3 is 0 Å². The van der Waals surface area contributed by atoms with Gasteiger partial charge in [0.25, 0.3) is 5.69 Å². The number of halogens is 1. The van der Waals surface area contributed by atoms with Crippen molar-refractivity contribution < 1.29 is 4.92 Å². The highest BCUT2D eigenvalue weighted by Gasteiger charge is 2.26. The van der Waals surface area contributed by atoms with E-state index in [-0.39, 0.29) is 23.0 Å². The number of nitro groups is 1. The van der Waals surface area contributed by atoms with Gasteiger partial charge in [-0.1, -0.05) is 39.5 Å². The van der Waals surface area contributed by atoms with Crippen LogP contribution in [0.15, 0.2) is 23.2 Å². The third-order valence-corrected chi connectivity index (χ3v) is 5.04. The van der Waals surface area contributed by atoms with Gasteiger partial charge in [0.1, 0.15) is 0 Å². The van der Waals surface area contributed by atoms with Crippen LogP contribution in [0.3, 0.4) is 0 Å². The van der Waals surface area contributed by atoms with E-state index in [0.29, 0.717) is 17.9 Å². The molecule has 1 aliphatic rings. The zero-order valence-electron chi connectivity index (χ0n) is 15.6. The third-order valence-electron chi connectivity index (χ3n) is 3.90. The van der Waals surface area contributed by atoms with Crippen molar-refractivity contribution in [1.82, 2.24) is 0 Å². The van der Waals surface area contributed by atoms with Gasteiger partial charge < -0.3 is 4.90 Å². The van der Waals surface area contributed by atoms with Crippen LogP contribution in [-0.4, -0.2) is 28.4 Å². The van der Waals surface area contributed by atoms with Gasteiger partial charge in [-0.05, 0) is 36.8 Å². The first-order valence-corrected chi connectivity index (χ1v) is 9.49. The molecule has 0 amide bonds. The van der Waals surface area contributed by atoms with Crippen molar-refractivity contribution >= 4 is 40.7 Å². The van der Waals surface area contributed by atoms with Crippen LogP contribution in [0.2, 0.25) is 0 Å².